The zero-order valence-corrected chi connectivity index (χ0v) is 16.5. The molecule has 4 rings (SSSR count). The molecule has 1 atom stereocenters. The van der Waals surface area contributed by atoms with E-state index in [1.165, 1.54) is 5.56 Å². The minimum Gasteiger partial charge on any atom is -0.342 e. The second-order valence-electron chi connectivity index (χ2n) is 8.19. The highest BCUT2D eigenvalue weighted by atomic mass is 16.2. The number of anilines is 1. The van der Waals surface area contributed by atoms with Gasteiger partial charge >= 0.3 is 0 Å². The van der Waals surface area contributed by atoms with Gasteiger partial charge in [-0.05, 0) is 55.9 Å². The number of piperidine rings is 1. The van der Waals surface area contributed by atoms with E-state index in [0.717, 1.165) is 55.5 Å². The molecule has 1 N–H and O–H groups in total. The SMILES string of the molecule is Cc1cccc(-c2cccc(NC(=O)[C@H]3CCCN(C(=O)C4CCC4)C3)c2)c1. The minimum absolute atomic E-state index is 0.0208. The number of hydrogen-bond donors (Lipinski definition) is 1. The number of rotatable bonds is 4. The fourth-order valence-corrected chi connectivity index (χ4v) is 4.15. The first-order valence-electron chi connectivity index (χ1n) is 10.4. The van der Waals surface area contributed by atoms with Gasteiger partial charge in [0.2, 0.25) is 11.8 Å². The van der Waals surface area contributed by atoms with E-state index >= 15 is 0 Å². The molecule has 0 spiro atoms. The van der Waals surface area contributed by atoms with Gasteiger partial charge in [-0.2, -0.15) is 0 Å². The van der Waals surface area contributed by atoms with Crippen molar-refractivity contribution in [3.8, 4) is 11.1 Å². The summed E-state index contributed by atoms with van der Waals surface area (Å²) in [4.78, 5) is 27.3. The molecule has 1 saturated carbocycles. The molecule has 146 valence electrons. The molecule has 0 unspecified atom stereocenters. The topological polar surface area (TPSA) is 49.4 Å². The van der Waals surface area contributed by atoms with Gasteiger partial charge in [-0.3, -0.25) is 9.59 Å². The lowest BCUT2D eigenvalue weighted by atomic mass is 9.83. The fraction of sp³-hybridized carbons (Fsp3) is 0.417. The average Bonchev–Trinajstić information content (AvgIpc) is 2.67. The summed E-state index contributed by atoms with van der Waals surface area (Å²) in [6.45, 7) is 3.43. The number of benzene rings is 2. The van der Waals surface area contributed by atoms with E-state index in [1.807, 2.05) is 29.2 Å². The lowest BCUT2D eigenvalue weighted by Gasteiger charge is -2.36. The number of hydrogen-bond acceptors (Lipinski definition) is 2. The monoisotopic (exact) mass is 376 g/mol. The second kappa shape index (κ2) is 8.17. The van der Waals surface area contributed by atoms with Crippen LogP contribution >= 0.6 is 0 Å². The second-order valence-corrected chi connectivity index (χ2v) is 8.19. The van der Waals surface area contributed by atoms with Crippen LogP contribution in [0.1, 0.15) is 37.7 Å². The fourth-order valence-electron chi connectivity index (χ4n) is 4.15. The third-order valence-electron chi connectivity index (χ3n) is 6.04. The Morgan fingerprint density at radius 3 is 2.36 bits per heavy atom. The molecule has 28 heavy (non-hydrogen) atoms. The van der Waals surface area contributed by atoms with Crippen LogP contribution in [0.15, 0.2) is 48.5 Å². The van der Waals surface area contributed by atoms with Crippen molar-refractivity contribution >= 4 is 17.5 Å². The van der Waals surface area contributed by atoms with Crippen LogP contribution in [0.4, 0.5) is 5.69 Å². The minimum atomic E-state index is -0.125. The molecule has 2 aliphatic rings. The molecule has 2 fully saturated rings. The number of aryl methyl sites for hydroxylation is 1. The Bertz CT molecular complexity index is 872. The number of carbonyl (C=O) groups is 2. The normalized spacial score (nSPS) is 19.8. The maximum absolute atomic E-state index is 12.8. The van der Waals surface area contributed by atoms with Crippen molar-refractivity contribution in [1.82, 2.24) is 4.90 Å². The Morgan fingerprint density at radius 2 is 1.64 bits per heavy atom. The molecule has 1 saturated heterocycles. The van der Waals surface area contributed by atoms with E-state index in [9.17, 15) is 9.59 Å². The van der Waals surface area contributed by atoms with Crippen molar-refractivity contribution in [3.05, 3.63) is 54.1 Å². The van der Waals surface area contributed by atoms with Crippen LogP contribution in [0.5, 0.6) is 0 Å². The van der Waals surface area contributed by atoms with E-state index in [-0.39, 0.29) is 23.7 Å². The smallest absolute Gasteiger partial charge is 0.229 e. The zero-order valence-electron chi connectivity index (χ0n) is 16.5. The van der Waals surface area contributed by atoms with Gasteiger partial charge < -0.3 is 10.2 Å². The lowest BCUT2D eigenvalue weighted by Crippen LogP contribution is -2.47. The Kier molecular flexibility index (Phi) is 5.47. The Labute approximate surface area is 166 Å². The highest BCUT2D eigenvalue weighted by Gasteiger charge is 2.34. The molecule has 4 heteroatoms. The summed E-state index contributed by atoms with van der Waals surface area (Å²) in [6, 6.07) is 16.3. The Morgan fingerprint density at radius 1 is 0.929 bits per heavy atom. The largest absolute Gasteiger partial charge is 0.342 e. The quantitative estimate of drug-likeness (QED) is 0.845. The van der Waals surface area contributed by atoms with Crippen molar-refractivity contribution < 1.29 is 9.59 Å². The summed E-state index contributed by atoms with van der Waals surface area (Å²) in [5.41, 5.74) is 4.26. The molecule has 0 bridgehead atoms. The van der Waals surface area contributed by atoms with Gasteiger partial charge in [-0.15, -0.1) is 0 Å². The molecule has 4 nitrogen and oxygen atoms in total. The number of likely N-dealkylation sites (tertiary alicyclic amines) is 1. The lowest BCUT2D eigenvalue weighted by molar-refractivity contribution is -0.141. The van der Waals surface area contributed by atoms with Crippen molar-refractivity contribution in [2.24, 2.45) is 11.8 Å². The summed E-state index contributed by atoms with van der Waals surface area (Å²) in [5, 5.41) is 3.08. The average molecular weight is 377 g/mol. The number of carbonyl (C=O) groups excluding carboxylic acids is 2. The van der Waals surface area contributed by atoms with Crippen LogP contribution in [-0.2, 0) is 9.59 Å². The first kappa shape index (κ1) is 18.7. The highest BCUT2D eigenvalue weighted by Crippen LogP contribution is 2.30. The summed E-state index contributed by atoms with van der Waals surface area (Å²) < 4.78 is 0. The maximum Gasteiger partial charge on any atom is 0.229 e. The van der Waals surface area contributed by atoms with Crippen LogP contribution in [0.2, 0.25) is 0 Å². The van der Waals surface area contributed by atoms with Crippen LogP contribution in [0, 0.1) is 18.8 Å². The van der Waals surface area contributed by atoms with Crippen molar-refractivity contribution in [2.75, 3.05) is 18.4 Å². The molecule has 0 radical (unpaired) electrons. The predicted octanol–water partition coefficient (Wildman–Crippen LogP) is 4.64. The molecule has 1 heterocycles. The van der Waals surface area contributed by atoms with Crippen LogP contribution < -0.4 is 5.32 Å². The molecular formula is C24H28N2O2. The van der Waals surface area contributed by atoms with E-state index in [1.54, 1.807) is 0 Å². The molecular weight excluding hydrogens is 348 g/mol. The standard InChI is InChI=1S/C24H28N2O2/c1-17-6-2-9-19(14-17)20-10-4-12-22(15-20)25-23(27)21-11-5-13-26(16-21)24(28)18-7-3-8-18/h2,4,6,9-10,12,14-15,18,21H,3,5,7-8,11,13,16H2,1H3,(H,25,27)/t21-/m0/s1. The summed E-state index contributed by atoms with van der Waals surface area (Å²) in [5.74, 6) is 0.353. The molecule has 0 aromatic heterocycles. The van der Waals surface area contributed by atoms with Crippen molar-refractivity contribution in [3.63, 3.8) is 0 Å². The van der Waals surface area contributed by atoms with E-state index in [4.69, 9.17) is 0 Å². The molecule has 2 amide bonds. The van der Waals surface area contributed by atoms with Gasteiger partial charge in [0.05, 0.1) is 5.92 Å². The summed E-state index contributed by atoms with van der Waals surface area (Å²) >= 11 is 0. The van der Waals surface area contributed by atoms with Crippen LogP contribution in [0.25, 0.3) is 11.1 Å². The van der Waals surface area contributed by atoms with Gasteiger partial charge in [0.1, 0.15) is 0 Å². The van der Waals surface area contributed by atoms with Gasteiger partial charge in [-0.25, -0.2) is 0 Å². The van der Waals surface area contributed by atoms with Gasteiger partial charge in [0, 0.05) is 24.7 Å². The van der Waals surface area contributed by atoms with E-state index < -0.39 is 0 Å². The molecule has 2 aromatic rings. The van der Waals surface area contributed by atoms with E-state index in [2.05, 4.69) is 36.5 Å². The highest BCUT2D eigenvalue weighted by molar-refractivity contribution is 5.94. The van der Waals surface area contributed by atoms with Gasteiger partial charge in [0.15, 0.2) is 0 Å². The number of amides is 2. The van der Waals surface area contributed by atoms with Crippen molar-refractivity contribution in [2.45, 2.75) is 39.0 Å². The molecule has 1 aliphatic heterocycles. The molecule has 1 aliphatic carbocycles. The third kappa shape index (κ3) is 4.11. The zero-order chi connectivity index (χ0) is 19.5. The molecule has 2 aromatic carbocycles. The van der Waals surface area contributed by atoms with Crippen LogP contribution in [-0.4, -0.2) is 29.8 Å². The first-order chi connectivity index (χ1) is 13.6. The van der Waals surface area contributed by atoms with Gasteiger partial charge in [0.25, 0.3) is 0 Å². The predicted molar refractivity (Wildman–Crippen MR) is 112 cm³/mol. The number of nitrogens with zero attached hydrogens (tertiary/aromatic N) is 1. The maximum atomic E-state index is 12.8. The first-order valence-corrected chi connectivity index (χ1v) is 10.4. The third-order valence-corrected chi connectivity index (χ3v) is 6.04. The van der Waals surface area contributed by atoms with Crippen LogP contribution in [0.3, 0.4) is 0 Å². The Hall–Kier alpha value is -2.62. The van der Waals surface area contributed by atoms with Crippen molar-refractivity contribution in [1.29, 1.82) is 0 Å². The van der Waals surface area contributed by atoms with E-state index in [0.29, 0.717) is 6.54 Å². The summed E-state index contributed by atoms with van der Waals surface area (Å²) in [6.07, 6.45) is 4.93. The summed E-state index contributed by atoms with van der Waals surface area (Å²) in [7, 11) is 0. The number of nitrogens with one attached hydrogen (secondary N) is 1. The Balaban J connectivity index is 1.42. The van der Waals surface area contributed by atoms with Gasteiger partial charge in [-0.1, -0.05) is 48.4 Å².